The zero-order chi connectivity index (χ0) is 17.7. The molecule has 0 aromatic heterocycles. The number of carbonyl (C=O) groups is 2. The molecule has 1 aliphatic carbocycles. The predicted octanol–water partition coefficient (Wildman–Crippen LogP) is 1.19. The van der Waals surface area contributed by atoms with Crippen molar-refractivity contribution >= 4 is 37.8 Å². The monoisotopic (exact) mass is 418 g/mol. The van der Waals surface area contributed by atoms with Crippen molar-refractivity contribution < 1.29 is 22.7 Å². The number of amides is 1. The van der Waals surface area contributed by atoms with E-state index in [-0.39, 0.29) is 10.9 Å². The summed E-state index contributed by atoms with van der Waals surface area (Å²) in [6, 6.07) is 6.15. The molecule has 0 heterocycles. The van der Waals surface area contributed by atoms with Crippen molar-refractivity contribution in [1.29, 1.82) is 0 Å². The minimum absolute atomic E-state index is 0.0284. The van der Waals surface area contributed by atoms with Gasteiger partial charge in [0.1, 0.15) is 6.54 Å². The minimum Gasteiger partial charge on any atom is -0.455 e. The van der Waals surface area contributed by atoms with Crippen LogP contribution in [-0.4, -0.2) is 39.5 Å². The van der Waals surface area contributed by atoms with Crippen LogP contribution < -0.4 is 10.0 Å². The van der Waals surface area contributed by atoms with Crippen LogP contribution in [0.5, 0.6) is 0 Å². The van der Waals surface area contributed by atoms with E-state index in [1.165, 1.54) is 12.1 Å². The van der Waals surface area contributed by atoms with E-state index in [1.54, 1.807) is 12.1 Å². The van der Waals surface area contributed by atoms with Gasteiger partial charge in [0.15, 0.2) is 6.61 Å². The number of ether oxygens (including phenoxy) is 1. The molecule has 9 heteroatoms. The number of carbonyl (C=O) groups excluding carboxylic acids is 2. The predicted molar refractivity (Wildman–Crippen MR) is 90.6 cm³/mol. The molecule has 2 N–H and O–H groups in total. The van der Waals surface area contributed by atoms with Gasteiger partial charge in [-0.1, -0.05) is 22.0 Å². The lowest BCUT2D eigenvalue weighted by Crippen LogP contribution is -2.38. The first-order chi connectivity index (χ1) is 11.3. The van der Waals surface area contributed by atoms with Crippen LogP contribution in [0.4, 0.5) is 0 Å². The Bertz CT molecular complexity index is 718. The molecule has 1 aliphatic rings. The second-order valence-corrected chi connectivity index (χ2v) is 8.32. The molecule has 1 aromatic rings. The lowest BCUT2D eigenvalue weighted by atomic mass is 10.2. The van der Waals surface area contributed by atoms with Crippen LogP contribution >= 0.6 is 15.9 Å². The number of halogens is 1. The summed E-state index contributed by atoms with van der Waals surface area (Å²) in [6.45, 7) is 0.943. The van der Waals surface area contributed by atoms with Crippen molar-refractivity contribution in [1.82, 2.24) is 10.0 Å². The largest absolute Gasteiger partial charge is 0.455 e. The van der Waals surface area contributed by atoms with Crippen molar-refractivity contribution in [3.8, 4) is 0 Å². The fourth-order valence-electron chi connectivity index (χ4n) is 2.08. The molecule has 132 valence electrons. The molecule has 24 heavy (non-hydrogen) atoms. The van der Waals surface area contributed by atoms with Gasteiger partial charge in [0.05, 0.1) is 4.90 Å². The van der Waals surface area contributed by atoms with Gasteiger partial charge in [-0.25, -0.2) is 8.42 Å². The minimum atomic E-state index is -3.82. The topological polar surface area (TPSA) is 102 Å². The lowest BCUT2D eigenvalue weighted by molar-refractivity contribution is -0.147. The van der Waals surface area contributed by atoms with E-state index in [0.29, 0.717) is 10.4 Å². The number of benzene rings is 1. The van der Waals surface area contributed by atoms with E-state index < -0.39 is 35.1 Å². The summed E-state index contributed by atoms with van der Waals surface area (Å²) in [4.78, 5) is 23.2. The van der Waals surface area contributed by atoms with Gasteiger partial charge in [0.2, 0.25) is 10.0 Å². The first-order valence-corrected chi connectivity index (χ1v) is 9.76. The van der Waals surface area contributed by atoms with E-state index in [2.05, 4.69) is 26.0 Å². The van der Waals surface area contributed by atoms with E-state index in [9.17, 15) is 18.0 Å². The fourth-order valence-corrected chi connectivity index (χ4v) is 3.64. The number of rotatable bonds is 8. The van der Waals surface area contributed by atoms with E-state index >= 15 is 0 Å². The summed E-state index contributed by atoms with van der Waals surface area (Å²) in [5.41, 5.74) is 0. The Morgan fingerprint density at radius 1 is 1.38 bits per heavy atom. The Labute approximate surface area is 149 Å². The van der Waals surface area contributed by atoms with Crippen LogP contribution in [0.1, 0.15) is 19.8 Å². The standard InChI is InChI=1S/C15H19BrN2O5S/c1-10(11-5-6-11)18-14(19)9-23-15(20)8-17-24(21,22)13-4-2-3-12(16)7-13/h2-4,7,10-11,17H,5-6,8-9H2,1H3,(H,18,19). The van der Waals surface area contributed by atoms with Crippen molar-refractivity contribution in [2.24, 2.45) is 5.92 Å². The highest BCUT2D eigenvalue weighted by atomic mass is 79.9. The quantitative estimate of drug-likeness (QED) is 0.617. The maximum Gasteiger partial charge on any atom is 0.321 e. The second kappa shape index (κ2) is 8.09. The van der Waals surface area contributed by atoms with Crippen LogP contribution in [0.3, 0.4) is 0 Å². The third-order valence-corrected chi connectivity index (χ3v) is 5.49. The first kappa shape index (κ1) is 18.9. The number of hydrogen-bond donors (Lipinski definition) is 2. The van der Waals surface area contributed by atoms with Crippen LogP contribution in [0.2, 0.25) is 0 Å². The van der Waals surface area contributed by atoms with Gasteiger partial charge in [-0.05, 0) is 43.9 Å². The van der Waals surface area contributed by atoms with Gasteiger partial charge in [-0.2, -0.15) is 4.72 Å². The van der Waals surface area contributed by atoms with Gasteiger partial charge >= 0.3 is 5.97 Å². The van der Waals surface area contributed by atoms with Crippen LogP contribution in [-0.2, 0) is 24.3 Å². The molecule has 0 spiro atoms. The molecule has 1 fully saturated rings. The summed E-state index contributed by atoms with van der Waals surface area (Å²) < 4.78 is 31.6. The second-order valence-electron chi connectivity index (χ2n) is 5.64. The number of sulfonamides is 1. The summed E-state index contributed by atoms with van der Waals surface area (Å²) in [5.74, 6) is -0.706. The van der Waals surface area contributed by atoms with E-state index in [1.807, 2.05) is 6.92 Å². The third-order valence-electron chi connectivity index (χ3n) is 3.59. The van der Waals surface area contributed by atoms with Gasteiger partial charge in [0.25, 0.3) is 5.91 Å². The van der Waals surface area contributed by atoms with Crippen LogP contribution in [0.15, 0.2) is 33.6 Å². The Hall–Kier alpha value is -1.45. The van der Waals surface area contributed by atoms with Crippen molar-refractivity contribution in [2.45, 2.75) is 30.7 Å². The molecule has 0 saturated heterocycles. The molecule has 0 aliphatic heterocycles. The molecule has 7 nitrogen and oxygen atoms in total. The van der Waals surface area contributed by atoms with Crippen LogP contribution in [0, 0.1) is 5.92 Å². The Morgan fingerprint density at radius 2 is 2.08 bits per heavy atom. The molecule has 0 bridgehead atoms. The molecule has 1 amide bonds. The average Bonchev–Trinajstić information content (AvgIpc) is 3.36. The first-order valence-electron chi connectivity index (χ1n) is 7.48. The van der Waals surface area contributed by atoms with Crippen molar-refractivity contribution in [3.05, 3.63) is 28.7 Å². The smallest absolute Gasteiger partial charge is 0.321 e. The normalized spacial score (nSPS) is 15.6. The molecule has 1 aromatic carbocycles. The lowest BCUT2D eigenvalue weighted by Gasteiger charge is -2.13. The zero-order valence-electron chi connectivity index (χ0n) is 13.1. The molecule has 1 atom stereocenters. The number of esters is 1. The van der Waals surface area contributed by atoms with Gasteiger partial charge < -0.3 is 10.1 Å². The fraction of sp³-hybridized carbons (Fsp3) is 0.467. The van der Waals surface area contributed by atoms with Crippen LogP contribution in [0.25, 0.3) is 0 Å². The van der Waals surface area contributed by atoms with Gasteiger partial charge in [-0.3, -0.25) is 9.59 Å². The molecular formula is C15H19BrN2O5S. The maximum absolute atomic E-state index is 12.0. The van der Waals surface area contributed by atoms with E-state index in [4.69, 9.17) is 4.74 Å². The molecule has 0 radical (unpaired) electrons. The summed E-state index contributed by atoms with van der Waals surface area (Å²) in [7, 11) is -3.82. The van der Waals surface area contributed by atoms with E-state index in [0.717, 1.165) is 12.8 Å². The van der Waals surface area contributed by atoms with Gasteiger partial charge in [0, 0.05) is 10.5 Å². The number of nitrogens with one attached hydrogen (secondary N) is 2. The summed E-state index contributed by atoms with van der Waals surface area (Å²) >= 11 is 3.18. The Kier molecular flexibility index (Phi) is 6.36. The Balaban J connectivity index is 1.75. The highest BCUT2D eigenvalue weighted by molar-refractivity contribution is 9.10. The van der Waals surface area contributed by atoms with Crippen molar-refractivity contribution in [3.63, 3.8) is 0 Å². The highest BCUT2D eigenvalue weighted by Gasteiger charge is 2.29. The molecule has 1 saturated carbocycles. The number of hydrogen-bond acceptors (Lipinski definition) is 5. The zero-order valence-corrected chi connectivity index (χ0v) is 15.5. The summed E-state index contributed by atoms with van der Waals surface area (Å²) in [6.07, 6.45) is 2.19. The third kappa shape index (κ3) is 5.88. The summed E-state index contributed by atoms with van der Waals surface area (Å²) in [5, 5.41) is 2.74. The van der Waals surface area contributed by atoms with Crippen molar-refractivity contribution in [2.75, 3.05) is 13.2 Å². The Morgan fingerprint density at radius 3 is 2.71 bits per heavy atom. The highest BCUT2D eigenvalue weighted by Crippen LogP contribution is 2.32. The molecule has 2 rings (SSSR count). The van der Waals surface area contributed by atoms with Gasteiger partial charge in [-0.15, -0.1) is 0 Å². The average molecular weight is 419 g/mol. The molecular weight excluding hydrogens is 400 g/mol. The molecule has 1 unspecified atom stereocenters. The SMILES string of the molecule is CC(NC(=O)COC(=O)CNS(=O)(=O)c1cccc(Br)c1)C1CC1. The maximum atomic E-state index is 12.0.